The molecule has 6 heteroatoms. The van der Waals surface area contributed by atoms with Gasteiger partial charge in [-0.05, 0) is 37.3 Å². The molecule has 3 amide bonds. The second-order valence-corrected chi connectivity index (χ2v) is 5.20. The van der Waals surface area contributed by atoms with Crippen LogP contribution in [-0.4, -0.2) is 28.7 Å². The number of benzene rings is 2. The summed E-state index contributed by atoms with van der Waals surface area (Å²) in [6.45, 7) is 1.45. The lowest BCUT2D eigenvalue weighted by Crippen LogP contribution is -2.45. The highest BCUT2D eigenvalue weighted by Gasteiger charge is 2.40. The van der Waals surface area contributed by atoms with Crippen LogP contribution in [0.15, 0.2) is 48.5 Å². The SMILES string of the molecule is CC(C(=O)Nc1cccc(F)c1)N1C(=O)c2ccccc2C1=O. The first-order valence-corrected chi connectivity index (χ1v) is 7.02. The van der Waals surface area contributed by atoms with E-state index in [1.807, 2.05) is 0 Å². The highest BCUT2D eigenvalue weighted by molar-refractivity contribution is 6.23. The number of rotatable bonds is 3. The van der Waals surface area contributed by atoms with Crippen molar-refractivity contribution < 1.29 is 18.8 Å². The maximum atomic E-state index is 13.2. The van der Waals surface area contributed by atoms with Crippen molar-refractivity contribution in [2.75, 3.05) is 5.32 Å². The van der Waals surface area contributed by atoms with Gasteiger partial charge in [-0.2, -0.15) is 0 Å². The van der Waals surface area contributed by atoms with Crippen molar-refractivity contribution in [3.8, 4) is 0 Å². The Morgan fingerprint density at radius 1 is 1.04 bits per heavy atom. The number of anilines is 1. The molecule has 1 heterocycles. The van der Waals surface area contributed by atoms with E-state index in [0.29, 0.717) is 0 Å². The summed E-state index contributed by atoms with van der Waals surface area (Å²) in [5, 5.41) is 2.50. The molecule has 0 bridgehead atoms. The van der Waals surface area contributed by atoms with E-state index < -0.39 is 29.6 Å². The number of carbonyl (C=O) groups excluding carboxylic acids is 3. The van der Waals surface area contributed by atoms with E-state index in [2.05, 4.69) is 5.32 Å². The molecular formula is C17H13FN2O3. The average Bonchev–Trinajstić information content (AvgIpc) is 2.79. The van der Waals surface area contributed by atoms with Crippen LogP contribution < -0.4 is 5.32 Å². The third-order valence-electron chi connectivity index (χ3n) is 3.68. The van der Waals surface area contributed by atoms with E-state index in [-0.39, 0.29) is 16.8 Å². The van der Waals surface area contributed by atoms with Crippen LogP contribution in [0, 0.1) is 5.82 Å². The van der Waals surface area contributed by atoms with Crippen LogP contribution in [0.4, 0.5) is 10.1 Å². The number of nitrogens with zero attached hydrogens (tertiary/aromatic N) is 1. The van der Waals surface area contributed by atoms with Gasteiger partial charge < -0.3 is 5.32 Å². The molecule has 5 nitrogen and oxygen atoms in total. The summed E-state index contributed by atoms with van der Waals surface area (Å²) in [4.78, 5) is 37.8. The summed E-state index contributed by atoms with van der Waals surface area (Å²) in [6, 6.07) is 10.8. The van der Waals surface area contributed by atoms with Crippen LogP contribution in [-0.2, 0) is 4.79 Å². The Kier molecular flexibility index (Phi) is 3.65. The highest BCUT2D eigenvalue weighted by atomic mass is 19.1. The number of hydrogen-bond donors (Lipinski definition) is 1. The van der Waals surface area contributed by atoms with Crippen molar-refractivity contribution in [3.05, 3.63) is 65.5 Å². The number of hydrogen-bond acceptors (Lipinski definition) is 3. The molecule has 1 unspecified atom stereocenters. The molecule has 116 valence electrons. The van der Waals surface area contributed by atoms with Gasteiger partial charge in [0.15, 0.2) is 0 Å². The van der Waals surface area contributed by atoms with Gasteiger partial charge in [0.1, 0.15) is 11.9 Å². The number of fused-ring (bicyclic) bond motifs is 1. The summed E-state index contributed by atoms with van der Waals surface area (Å²) in [5.41, 5.74) is 0.823. The Morgan fingerprint density at radius 2 is 1.65 bits per heavy atom. The van der Waals surface area contributed by atoms with Crippen molar-refractivity contribution in [2.45, 2.75) is 13.0 Å². The molecule has 2 aromatic rings. The van der Waals surface area contributed by atoms with Gasteiger partial charge in [-0.1, -0.05) is 18.2 Å². The van der Waals surface area contributed by atoms with Gasteiger partial charge in [0, 0.05) is 5.69 Å². The standard InChI is InChI=1S/C17H13FN2O3/c1-10(15(21)19-12-6-4-5-11(18)9-12)20-16(22)13-7-2-3-8-14(13)17(20)23/h2-10H,1H3,(H,19,21). The third-order valence-corrected chi connectivity index (χ3v) is 3.68. The molecule has 0 fully saturated rings. The van der Waals surface area contributed by atoms with Crippen LogP contribution >= 0.6 is 0 Å². The summed E-state index contributed by atoms with van der Waals surface area (Å²) in [7, 11) is 0. The summed E-state index contributed by atoms with van der Waals surface area (Å²) < 4.78 is 13.2. The monoisotopic (exact) mass is 312 g/mol. The molecule has 1 aliphatic heterocycles. The first kappa shape index (κ1) is 14.9. The topological polar surface area (TPSA) is 66.5 Å². The molecule has 0 aromatic heterocycles. The first-order chi connectivity index (χ1) is 11.0. The second-order valence-electron chi connectivity index (χ2n) is 5.20. The van der Waals surface area contributed by atoms with Crippen LogP contribution in [0.5, 0.6) is 0 Å². The molecule has 1 N–H and O–H groups in total. The van der Waals surface area contributed by atoms with Gasteiger partial charge in [0.05, 0.1) is 11.1 Å². The normalized spacial score (nSPS) is 14.6. The van der Waals surface area contributed by atoms with Crippen molar-refractivity contribution >= 4 is 23.4 Å². The molecule has 23 heavy (non-hydrogen) atoms. The number of imide groups is 1. The molecule has 0 spiro atoms. The fourth-order valence-electron chi connectivity index (χ4n) is 2.49. The van der Waals surface area contributed by atoms with Gasteiger partial charge in [-0.15, -0.1) is 0 Å². The summed E-state index contributed by atoms with van der Waals surface area (Å²) in [6.07, 6.45) is 0. The fourth-order valence-corrected chi connectivity index (χ4v) is 2.49. The number of nitrogens with one attached hydrogen (secondary N) is 1. The Morgan fingerprint density at radius 3 is 2.22 bits per heavy atom. The van der Waals surface area contributed by atoms with E-state index in [4.69, 9.17) is 0 Å². The van der Waals surface area contributed by atoms with Crippen LogP contribution in [0.2, 0.25) is 0 Å². The largest absolute Gasteiger partial charge is 0.324 e. The minimum Gasteiger partial charge on any atom is -0.324 e. The number of carbonyl (C=O) groups is 3. The van der Waals surface area contributed by atoms with Crippen molar-refractivity contribution in [3.63, 3.8) is 0 Å². The Labute approximate surface area is 131 Å². The molecule has 1 atom stereocenters. The van der Waals surface area contributed by atoms with E-state index in [0.717, 1.165) is 11.0 Å². The summed E-state index contributed by atoms with van der Waals surface area (Å²) in [5.74, 6) is -2.07. The molecule has 3 rings (SSSR count). The zero-order valence-electron chi connectivity index (χ0n) is 12.2. The van der Waals surface area contributed by atoms with Gasteiger partial charge in [0.25, 0.3) is 11.8 Å². The lowest BCUT2D eigenvalue weighted by atomic mass is 10.1. The zero-order valence-corrected chi connectivity index (χ0v) is 12.2. The quantitative estimate of drug-likeness (QED) is 0.885. The second kappa shape index (κ2) is 5.64. The Balaban J connectivity index is 1.81. The predicted octanol–water partition coefficient (Wildman–Crippen LogP) is 2.45. The summed E-state index contributed by atoms with van der Waals surface area (Å²) >= 11 is 0. The van der Waals surface area contributed by atoms with Crippen LogP contribution in [0.25, 0.3) is 0 Å². The van der Waals surface area contributed by atoms with E-state index >= 15 is 0 Å². The molecule has 2 aromatic carbocycles. The molecule has 0 saturated heterocycles. The van der Waals surface area contributed by atoms with Crippen LogP contribution in [0.3, 0.4) is 0 Å². The average molecular weight is 312 g/mol. The van der Waals surface area contributed by atoms with Gasteiger partial charge in [0.2, 0.25) is 5.91 Å². The van der Waals surface area contributed by atoms with Crippen LogP contribution in [0.1, 0.15) is 27.6 Å². The van der Waals surface area contributed by atoms with Gasteiger partial charge in [-0.3, -0.25) is 19.3 Å². The smallest absolute Gasteiger partial charge is 0.262 e. The van der Waals surface area contributed by atoms with Gasteiger partial charge >= 0.3 is 0 Å². The molecule has 0 aliphatic carbocycles. The zero-order chi connectivity index (χ0) is 16.6. The number of amides is 3. The molecule has 1 aliphatic rings. The molecular weight excluding hydrogens is 299 g/mol. The lowest BCUT2D eigenvalue weighted by Gasteiger charge is -2.21. The fraction of sp³-hybridized carbons (Fsp3) is 0.118. The Hall–Kier alpha value is -3.02. The molecule has 0 radical (unpaired) electrons. The minimum atomic E-state index is -1.01. The lowest BCUT2D eigenvalue weighted by molar-refractivity contribution is -0.119. The number of halogens is 1. The van der Waals surface area contributed by atoms with E-state index in [1.165, 1.54) is 25.1 Å². The highest BCUT2D eigenvalue weighted by Crippen LogP contribution is 2.25. The van der Waals surface area contributed by atoms with Gasteiger partial charge in [-0.25, -0.2) is 4.39 Å². The minimum absolute atomic E-state index is 0.262. The first-order valence-electron chi connectivity index (χ1n) is 7.02. The van der Waals surface area contributed by atoms with Crippen molar-refractivity contribution in [1.29, 1.82) is 0 Å². The van der Waals surface area contributed by atoms with E-state index in [1.54, 1.807) is 24.3 Å². The molecule has 0 saturated carbocycles. The maximum absolute atomic E-state index is 13.2. The van der Waals surface area contributed by atoms with Crippen molar-refractivity contribution in [2.24, 2.45) is 0 Å². The Bertz CT molecular complexity index is 784. The van der Waals surface area contributed by atoms with Crippen molar-refractivity contribution in [1.82, 2.24) is 4.90 Å². The third kappa shape index (κ3) is 2.59. The maximum Gasteiger partial charge on any atom is 0.262 e. The van der Waals surface area contributed by atoms with E-state index in [9.17, 15) is 18.8 Å². The predicted molar refractivity (Wildman–Crippen MR) is 81.4 cm³/mol.